The van der Waals surface area contributed by atoms with Crippen LogP contribution >= 0.6 is 0 Å². The molecule has 1 fully saturated rings. The van der Waals surface area contributed by atoms with Gasteiger partial charge in [-0.05, 0) is 6.42 Å². The minimum absolute atomic E-state index is 0.181. The first-order chi connectivity index (χ1) is 8.56. The molecule has 0 aromatic carbocycles. The zero-order chi connectivity index (χ0) is 13.5. The SMILES string of the molecule is COC(=O)C1CC(NCC(F)F)CN(CC#N)C1. The Hall–Kier alpha value is -1.26. The monoisotopic (exact) mass is 261 g/mol. The van der Waals surface area contributed by atoms with Crippen LogP contribution in [0, 0.1) is 17.2 Å². The van der Waals surface area contributed by atoms with Crippen molar-refractivity contribution in [3.63, 3.8) is 0 Å². The van der Waals surface area contributed by atoms with Crippen LogP contribution < -0.4 is 5.32 Å². The third kappa shape index (κ3) is 4.55. The first-order valence-corrected chi connectivity index (χ1v) is 5.75. The summed E-state index contributed by atoms with van der Waals surface area (Å²) >= 11 is 0. The molecule has 0 saturated carbocycles. The van der Waals surface area contributed by atoms with Gasteiger partial charge in [-0.2, -0.15) is 5.26 Å². The number of carbonyl (C=O) groups excluding carboxylic acids is 1. The molecule has 1 heterocycles. The molecule has 1 rings (SSSR count). The van der Waals surface area contributed by atoms with Crippen LogP contribution in [0.15, 0.2) is 0 Å². The molecule has 102 valence electrons. The van der Waals surface area contributed by atoms with E-state index >= 15 is 0 Å². The van der Waals surface area contributed by atoms with E-state index in [9.17, 15) is 13.6 Å². The molecule has 0 aromatic rings. The van der Waals surface area contributed by atoms with Crippen molar-refractivity contribution >= 4 is 5.97 Å². The predicted molar refractivity (Wildman–Crippen MR) is 60.0 cm³/mol. The van der Waals surface area contributed by atoms with Crippen molar-refractivity contribution in [1.29, 1.82) is 5.26 Å². The van der Waals surface area contributed by atoms with E-state index in [0.29, 0.717) is 19.5 Å². The number of nitriles is 1. The maximum Gasteiger partial charge on any atom is 0.310 e. The minimum Gasteiger partial charge on any atom is -0.469 e. The van der Waals surface area contributed by atoms with E-state index in [2.05, 4.69) is 10.1 Å². The number of hydrogen-bond acceptors (Lipinski definition) is 5. The van der Waals surface area contributed by atoms with E-state index in [4.69, 9.17) is 5.26 Å². The van der Waals surface area contributed by atoms with Gasteiger partial charge in [-0.3, -0.25) is 9.69 Å². The maximum atomic E-state index is 12.1. The van der Waals surface area contributed by atoms with Crippen molar-refractivity contribution < 1.29 is 18.3 Å². The van der Waals surface area contributed by atoms with Crippen LogP contribution in [-0.2, 0) is 9.53 Å². The molecule has 0 amide bonds. The fraction of sp³-hybridized carbons (Fsp3) is 0.818. The van der Waals surface area contributed by atoms with E-state index < -0.39 is 13.0 Å². The average Bonchev–Trinajstić information content (AvgIpc) is 2.35. The maximum absolute atomic E-state index is 12.1. The van der Waals surface area contributed by atoms with Crippen molar-refractivity contribution in [3.05, 3.63) is 0 Å². The Morgan fingerprint density at radius 1 is 1.61 bits per heavy atom. The van der Waals surface area contributed by atoms with Crippen LogP contribution in [0.5, 0.6) is 0 Å². The highest BCUT2D eigenvalue weighted by Crippen LogP contribution is 2.18. The lowest BCUT2D eigenvalue weighted by Gasteiger charge is -2.35. The summed E-state index contributed by atoms with van der Waals surface area (Å²) in [5.41, 5.74) is 0. The summed E-state index contributed by atoms with van der Waals surface area (Å²) in [5.74, 6) is -0.728. The van der Waals surface area contributed by atoms with Crippen LogP contribution in [0.3, 0.4) is 0 Å². The summed E-state index contributed by atoms with van der Waals surface area (Å²) in [5, 5.41) is 11.4. The van der Waals surface area contributed by atoms with Gasteiger partial charge in [0.25, 0.3) is 6.43 Å². The van der Waals surface area contributed by atoms with Gasteiger partial charge >= 0.3 is 5.97 Å². The number of ether oxygens (including phenoxy) is 1. The number of piperidine rings is 1. The lowest BCUT2D eigenvalue weighted by atomic mass is 9.94. The molecule has 1 N–H and O–H groups in total. The lowest BCUT2D eigenvalue weighted by molar-refractivity contribution is -0.147. The molecule has 7 heteroatoms. The number of likely N-dealkylation sites (tertiary alicyclic amines) is 1. The number of methoxy groups -OCH3 is 1. The van der Waals surface area contributed by atoms with Gasteiger partial charge in [0.15, 0.2) is 0 Å². The molecule has 1 saturated heterocycles. The summed E-state index contributed by atoms with van der Waals surface area (Å²) < 4.78 is 28.9. The van der Waals surface area contributed by atoms with E-state index in [1.54, 1.807) is 4.90 Å². The summed E-state index contributed by atoms with van der Waals surface area (Å²) in [6, 6.07) is 1.78. The molecule has 0 spiro atoms. The third-order valence-electron chi connectivity index (χ3n) is 2.92. The van der Waals surface area contributed by atoms with Gasteiger partial charge < -0.3 is 10.1 Å². The van der Waals surface area contributed by atoms with Crippen LogP contribution in [0.1, 0.15) is 6.42 Å². The molecule has 0 aromatic heterocycles. The van der Waals surface area contributed by atoms with Crippen molar-refractivity contribution in [2.45, 2.75) is 18.9 Å². The Bertz CT molecular complexity index is 320. The van der Waals surface area contributed by atoms with Crippen molar-refractivity contribution in [1.82, 2.24) is 10.2 Å². The molecule has 0 aliphatic carbocycles. The standard InChI is InChI=1S/C11H17F2N3O2/c1-18-11(17)8-4-9(15-5-10(12)13)7-16(6-8)3-2-14/h8-10,15H,3-7H2,1H3. The highest BCUT2D eigenvalue weighted by Gasteiger charge is 2.32. The smallest absolute Gasteiger partial charge is 0.310 e. The van der Waals surface area contributed by atoms with Crippen molar-refractivity contribution in [2.75, 3.05) is 33.3 Å². The Morgan fingerprint density at radius 3 is 2.89 bits per heavy atom. The first-order valence-electron chi connectivity index (χ1n) is 5.75. The quantitative estimate of drug-likeness (QED) is 0.567. The van der Waals surface area contributed by atoms with E-state index in [-0.39, 0.29) is 24.5 Å². The Morgan fingerprint density at radius 2 is 2.33 bits per heavy atom. The second-order valence-corrected chi connectivity index (χ2v) is 4.30. The van der Waals surface area contributed by atoms with Crippen molar-refractivity contribution in [2.24, 2.45) is 5.92 Å². The average molecular weight is 261 g/mol. The van der Waals surface area contributed by atoms with Gasteiger partial charge in [-0.15, -0.1) is 0 Å². The highest BCUT2D eigenvalue weighted by atomic mass is 19.3. The van der Waals surface area contributed by atoms with Crippen LogP contribution in [0.4, 0.5) is 8.78 Å². The van der Waals surface area contributed by atoms with Gasteiger partial charge in [-0.25, -0.2) is 8.78 Å². The van der Waals surface area contributed by atoms with Gasteiger partial charge in [0.2, 0.25) is 0 Å². The number of alkyl halides is 2. The summed E-state index contributed by atoms with van der Waals surface area (Å²) in [4.78, 5) is 13.3. The molecule has 0 bridgehead atoms. The molecule has 1 aliphatic rings. The van der Waals surface area contributed by atoms with E-state index in [1.807, 2.05) is 6.07 Å². The van der Waals surface area contributed by atoms with Gasteiger partial charge in [0, 0.05) is 19.1 Å². The Balaban J connectivity index is 2.56. The van der Waals surface area contributed by atoms with Gasteiger partial charge in [0.05, 0.1) is 32.2 Å². The molecule has 0 radical (unpaired) electrons. The Labute approximate surface area is 105 Å². The third-order valence-corrected chi connectivity index (χ3v) is 2.92. The van der Waals surface area contributed by atoms with Gasteiger partial charge in [-0.1, -0.05) is 0 Å². The predicted octanol–water partition coefficient (Wildman–Crippen LogP) is 0.228. The number of carbonyl (C=O) groups is 1. The Kier molecular flexibility index (Phi) is 5.95. The number of rotatable bonds is 5. The van der Waals surface area contributed by atoms with E-state index in [0.717, 1.165) is 0 Å². The topological polar surface area (TPSA) is 65.4 Å². The molecular weight excluding hydrogens is 244 g/mol. The van der Waals surface area contributed by atoms with Crippen LogP contribution in [0.25, 0.3) is 0 Å². The zero-order valence-electron chi connectivity index (χ0n) is 10.2. The summed E-state index contributed by atoms with van der Waals surface area (Å²) in [6.07, 6.45) is -1.96. The van der Waals surface area contributed by atoms with Crippen LogP contribution in [-0.4, -0.2) is 56.6 Å². The minimum atomic E-state index is -2.42. The zero-order valence-corrected chi connectivity index (χ0v) is 10.2. The summed E-state index contributed by atoms with van der Waals surface area (Å²) in [6.45, 7) is 0.709. The van der Waals surface area contributed by atoms with Crippen molar-refractivity contribution in [3.8, 4) is 6.07 Å². The second kappa shape index (κ2) is 7.24. The fourth-order valence-electron chi connectivity index (χ4n) is 2.16. The fourth-order valence-corrected chi connectivity index (χ4v) is 2.16. The molecule has 2 atom stereocenters. The number of hydrogen-bond donors (Lipinski definition) is 1. The lowest BCUT2D eigenvalue weighted by Crippen LogP contribution is -2.51. The number of esters is 1. The molecule has 5 nitrogen and oxygen atoms in total. The molecule has 1 aliphatic heterocycles. The number of nitrogens with zero attached hydrogens (tertiary/aromatic N) is 2. The molecule has 2 unspecified atom stereocenters. The second-order valence-electron chi connectivity index (χ2n) is 4.30. The number of halogens is 2. The first kappa shape index (κ1) is 14.8. The van der Waals surface area contributed by atoms with Crippen LogP contribution in [0.2, 0.25) is 0 Å². The molecule has 18 heavy (non-hydrogen) atoms. The van der Waals surface area contributed by atoms with E-state index in [1.165, 1.54) is 7.11 Å². The largest absolute Gasteiger partial charge is 0.469 e. The highest BCUT2D eigenvalue weighted by molar-refractivity contribution is 5.72. The number of nitrogens with one attached hydrogen (secondary N) is 1. The molecular formula is C11H17F2N3O2. The summed E-state index contributed by atoms with van der Waals surface area (Å²) in [7, 11) is 1.30. The van der Waals surface area contributed by atoms with Gasteiger partial charge in [0.1, 0.15) is 0 Å². The normalized spacial score (nSPS) is 24.8.